The van der Waals surface area contributed by atoms with Crippen molar-refractivity contribution in [3.8, 4) is 11.4 Å². The lowest BCUT2D eigenvalue weighted by molar-refractivity contribution is -0.123. The minimum Gasteiger partial charge on any atom is -0.378 e. The van der Waals surface area contributed by atoms with Crippen LogP contribution in [-0.4, -0.2) is 41.8 Å². The third-order valence-electron chi connectivity index (χ3n) is 4.24. The van der Waals surface area contributed by atoms with Gasteiger partial charge in [-0.15, -0.1) is 0 Å². The smallest absolute Gasteiger partial charge is 0.249 e. The summed E-state index contributed by atoms with van der Waals surface area (Å²) < 4.78 is 10.7. The van der Waals surface area contributed by atoms with Gasteiger partial charge in [-0.2, -0.15) is 4.98 Å². The zero-order valence-corrected chi connectivity index (χ0v) is 14.6. The lowest BCUT2D eigenvalue weighted by atomic mass is 10.1. The van der Waals surface area contributed by atoms with E-state index >= 15 is 0 Å². The standard InChI is InChI=1S/C18H24N4O3/c1-3-13-4-6-14(7-5-13)17-21-18(25-22-17)12(2)20-16(23)10-15-11-24-9-8-19-15/h4-7,12,15,19H,3,8-11H2,1-2H3,(H,20,23). The summed E-state index contributed by atoms with van der Waals surface area (Å²) in [5.74, 6) is 0.861. The van der Waals surface area contributed by atoms with E-state index in [1.165, 1.54) is 5.56 Å². The number of benzene rings is 1. The van der Waals surface area contributed by atoms with Crippen molar-refractivity contribution in [2.24, 2.45) is 0 Å². The quantitative estimate of drug-likeness (QED) is 0.831. The number of aryl methyl sites for hydroxylation is 1. The molecule has 2 aromatic rings. The SMILES string of the molecule is CCc1ccc(-c2noc(C(C)NC(=O)CC3COCCN3)n2)cc1. The third kappa shape index (κ3) is 4.64. The summed E-state index contributed by atoms with van der Waals surface area (Å²) in [6.07, 6.45) is 1.35. The van der Waals surface area contributed by atoms with Gasteiger partial charge in [0.25, 0.3) is 0 Å². The van der Waals surface area contributed by atoms with Crippen LogP contribution in [0.15, 0.2) is 28.8 Å². The van der Waals surface area contributed by atoms with E-state index in [0.717, 1.165) is 18.5 Å². The summed E-state index contributed by atoms with van der Waals surface area (Å²) in [7, 11) is 0. The predicted molar refractivity (Wildman–Crippen MR) is 92.9 cm³/mol. The molecule has 1 fully saturated rings. The molecule has 1 amide bonds. The number of morpholine rings is 1. The molecule has 2 atom stereocenters. The first-order chi connectivity index (χ1) is 12.2. The van der Waals surface area contributed by atoms with Gasteiger partial charge in [-0.1, -0.05) is 36.3 Å². The molecule has 7 heteroatoms. The maximum atomic E-state index is 12.1. The van der Waals surface area contributed by atoms with Gasteiger partial charge in [0.15, 0.2) is 0 Å². The Hall–Kier alpha value is -2.25. The van der Waals surface area contributed by atoms with Crippen LogP contribution < -0.4 is 10.6 Å². The molecular weight excluding hydrogens is 320 g/mol. The van der Waals surface area contributed by atoms with Gasteiger partial charge in [-0.05, 0) is 18.9 Å². The van der Waals surface area contributed by atoms with Gasteiger partial charge in [0.05, 0.1) is 13.2 Å². The van der Waals surface area contributed by atoms with Crippen molar-refractivity contribution in [3.05, 3.63) is 35.7 Å². The number of nitrogens with zero attached hydrogens (tertiary/aromatic N) is 2. The fourth-order valence-corrected chi connectivity index (χ4v) is 2.75. The average Bonchev–Trinajstić information content (AvgIpc) is 3.13. The van der Waals surface area contributed by atoms with E-state index in [4.69, 9.17) is 9.26 Å². The second kappa shape index (κ2) is 8.22. The van der Waals surface area contributed by atoms with Crippen molar-refractivity contribution in [1.82, 2.24) is 20.8 Å². The van der Waals surface area contributed by atoms with Crippen LogP contribution in [0.1, 0.15) is 37.8 Å². The van der Waals surface area contributed by atoms with Crippen molar-refractivity contribution in [2.45, 2.75) is 38.8 Å². The molecule has 1 aliphatic heterocycles. The van der Waals surface area contributed by atoms with E-state index in [9.17, 15) is 4.79 Å². The van der Waals surface area contributed by atoms with Crippen LogP contribution in [-0.2, 0) is 16.0 Å². The number of carbonyl (C=O) groups is 1. The molecule has 1 aromatic heterocycles. The number of hydrogen-bond acceptors (Lipinski definition) is 6. The van der Waals surface area contributed by atoms with Crippen molar-refractivity contribution < 1.29 is 14.1 Å². The molecule has 7 nitrogen and oxygen atoms in total. The Bertz CT molecular complexity index is 693. The van der Waals surface area contributed by atoms with Gasteiger partial charge >= 0.3 is 0 Å². The van der Waals surface area contributed by atoms with Crippen LogP contribution in [0.2, 0.25) is 0 Å². The molecule has 1 aliphatic rings. The lowest BCUT2D eigenvalue weighted by Crippen LogP contribution is -2.44. The Balaban J connectivity index is 1.57. The van der Waals surface area contributed by atoms with Crippen molar-refractivity contribution in [3.63, 3.8) is 0 Å². The Morgan fingerprint density at radius 1 is 1.40 bits per heavy atom. The molecule has 134 valence electrons. The van der Waals surface area contributed by atoms with E-state index in [-0.39, 0.29) is 18.0 Å². The van der Waals surface area contributed by atoms with E-state index in [0.29, 0.717) is 31.3 Å². The van der Waals surface area contributed by atoms with E-state index in [2.05, 4.69) is 39.8 Å². The number of ether oxygens (including phenoxy) is 1. The van der Waals surface area contributed by atoms with Crippen LogP contribution in [0.3, 0.4) is 0 Å². The zero-order valence-electron chi connectivity index (χ0n) is 14.6. The summed E-state index contributed by atoms with van der Waals surface area (Å²) in [5.41, 5.74) is 2.16. The number of carbonyl (C=O) groups excluding carboxylic acids is 1. The van der Waals surface area contributed by atoms with Crippen LogP contribution >= 0.6 is 0 Å². The molecule has 1 aromatic carbocycles. The van der Waals surface area contributed by atoms with Crippen LogP contribution in [0.25, 0.3) is 11.4 Å². The first-order valence-corrected chi connectivity index (χ1v) is 8.69. The normalized spacial score (nSPS) is 18.7. The summed E-state index contributed by atoms with van der Waals surface area (Å²) in [6.45, 7) is 5.97. The van der Waals surface area contributed by atoms with Gasteiger partial charge in [0, 0.05) is 24.6 Å². The highest BCUT2D eigenvalue weighted by molar-refractivity contribution is 5.77. The topological polar surface area (TPSA) is 89.3 Å². The number of aromatic nitrogens is 2. The van der Waals surface area contributed by atoms with Gasteiger partial charge in [0.1, 0.15) is 6.04 Å². The number of rotatable bonds is 6. The summed E-state index contributed by atoms with van der Waals surface area (Å²) in [5, 5.41) is 10.2. The molecule has 25 heavy (non-hydrogen) atoms. The highest BCUT2D eigenvalue weighted by Gasteiger charge is 2.21. The highest BCUT2D eigenvalue weighted by Crippen LogP contribution is 2.19. The summed E-state index contributed by atoms with van der Waals surface area (Å²) >= 11 is 0. The zero-order chi connectivity index (χ0) is 17.6. The van der Waals surface area contributed by atoms with Gasteiger partial charge in [-0.3, -0.25) is 4.79 Å². The molecule has 2 unspecified atom stereocenters. The molecule has 0 radical (unpaired) electrons. The van der Waals surface area contributed by atoms with Crippen LogP contribution in [0.4, 0.5) is 0 Å². The Morgan fingerprint density at radius 2 is 2.20 bits per heavy atom. The second-order valence-corrected chi connectivity index (χ2v) is 6.23. The monoisotopic (exact) mass is 344 g/mol. The van der Waals surface area contributed by atoms with Crippen LogP contribution in [0, 0.1) is 0 Å². The number of amides is 1. The van der Waals surface area contributed by atoms with E-state index in [1.807, 2.05) is 19.1 Å². The summed E-state index contributed by atoms with van der Waals surface area (Å²) in [4.78, 5) is 16.5. The van der Waals surface area contributed by atoms with Gasteiger partial charge in [0.2, 0.25) is 17.6 Å². The number of hydrogen-bond donors (Lipinski definition) is 2. The lowest BCUT2D eigenvalue weighted by Gasteiger charge is -2.23. The Labute approximate surface area is 147 Å². The van der Waals surface area contributed by atoms with Gasteiger partial charge < -0.3 is 19.9 Å². The molecule has 2 N–H and O–H groups in total. The fraction of sp³-hybridized carbons (Fsp3) is 0.500. The maximum Gasteiger partial charge on any atom is 0.249 e. The summed E-state index contributed by atoms with van der Waals surface area (Å²) in [6, 6.07) is 7.77. The molecule has 0 saturated carbocycles. The molecule has 1 saturated heterocycles. The molecule has 3 rings (SSSR count). The van der Waals surface area contributed by atoms with E-state index in [1.54, 1.807) is 0 Å². The molecule has 2 heterocycles. The Kier molecular flexibility index (Phi) is 5.78. The minimum atomic E-state index is -0.340. The van der Waals surface area contributed by atoms with Crippen LogP contribution in [0.5, 0.6) is 0 Å². The predicted octanol–water partition coefficient (Wildman–Crippen LogP) is 1.85. The highest BCUT2D eigenvalue weighted by atomic mass is 16.5. The largest absolute Gasteiger partial charge is 0.378 e. The molecule has 0 spiro atoms. The molecule has 0 bridgehead atoms. The van der Waals surface area contributed by atoms with Crippen molar-refractivity contribution >= 4 is 5.91 Å². The minimum absolute atomic E-state index is 0.0521. The second-order valence-electron chi connectivity index (χ2n) is 6.23. The Morgan fingerprint density at radius 3 is 2.88 bits per heavy atom. The van der Waals surface area contributed by atoms with Gasteiger partial charge in [-0.25, -0.2) is 0 Å². The number of nitrogens with one attached hydrogen (secondary N) is 2. The maximum absolute atomic E-state index is 12.1. The van der Waals surface area contributed by atoms with Crippen molar-refractivity contribution in [1.29, 1.82) is 0 Å². The first-order valence-electron chi connectivity index (χ1n) is 8.69. The third-order valence-corrected chi connectivity index (χ3v) is 4.24. The average molecular weight is 344 g/mol. The molecular formula is C18H24N4O3. The fourth-order valence-electron chi connectivity index (χ4n) is 2.75. The van der Waals surface area contributed by atoms with E-state index < -0.39 is 0 Å². The first kappa shape index (κ1) is 17.6. The molecule has 0 aliphatic carbocycles. The van der Waals surface area contributed by atoms with Crippen molar-refractivity contribution in [2.75, 3.05) is 19.8 Å².